The third kappa shape index (κ3) is 2.92. The van der Waals surface area contributed by atoms with Crippen molar-refractivity contribution in [3.63, 3.8) is 0 Å². The average Bonchev–Trinajstić information content (AvgIpc) is 2.90. The third-order valence-electron chi connectivity index (χ3n) is 2.62. The predicted octanol–water partition coefficient (Wildman–Crippen LogP) is 0.702. The van der Waals surface area contributed by atoms with Crippen LogP contribution < -0.4 is 10.6 Å². The first-order chi connectivity index (χ1) is 8.29. The normalized spacial score (nSPS) is 17.7. The largest absolute Gasteiger partial charge is 0.350 e. The summed E-state index contributed by atoms with van der Waals surface area (Å²) in [6.07, 6.45) is 3.79. The number of benzene rings is 1. The van der Waals surface area contributed by atoms with Crippen molar-refractivity contribution in [3.8, 4) is 6.07 Å². The van der Waals surface area contributed by atoms with Crippen LogP contribution in [0.1, 0.15) is 11.1 Å². The molecule has 1 aromatic rings. The molecule has 1 aliphatic heterocycles. The fourth-order valence-electron chi connectivity index (χ4n) is 1.64. The first-order valence-electron chi connectivity index (χ1n) is 5.46. The third-order valence-corrected chi connectivity index (χ3v) is 2.62. The lowest BCUT2D eigenvalue weighted by Crippen LogP contribution is -2.40. The molecular weight excluding hydrogens is 214 g/mol. The highest BCUT2D eigenvalue weighted by atomic mass is 16.2. The van der Waals surface area contributed by atoms with E-state index in [0.29, 0.717) is 12.1 Å². The monoisotopic (exact) mass is 227 g/mol. The number of hydrogen-bond donors (Lipinski definition) is 2. The molecule has 4 heteroatoms. The van der Waals surface area contributed by atoms with E-state index in [1.54, 1.807) is 12.1 Å². The maximum atomic E-state index is 11.7. The van der Waals surface area contributed by atoms with E-state index >= 15 is 0 Å². The van der Waals surface area contributed by atoms with Crippen molar-refractivity contribution >= 4 is 5.91 Å². The van der Waals surface area contributed by atoms with Crippen molar-refractivity contribution in [2.24, 2.45) is 0 Å². The van der Waals surface area contributed by atoms with Gasteiger partial charge in [-0.25, -0.2) is 0 Å². The van der Waals surface area contributed by atoms with Gasteiger partial charge in [0.15, 0.2) is 0 Å². The summed E-state index contributed by atoms with van der Waals surface area (Å²) in [5.74, 6) is -0.0249. The highest BCUT2D eigenvalue weighted by molar-refractivity contribution is 5.84. The molecule has 1 aliphatic rings. The molecule has 0 aliphatic carbocycles. The van der Waals surface area contributed by atoms with Crippen LogP contribution in [-0.4, -0.2) is 18.5 Å². The minimum Gasteiger partial charge on any atom is -0.350 e. The fourth-order valence-corrected chi connectivity index (χ4v) is 1.64. The van der Waals surface area contributed by atoms with E-state index in [4.69, 9.17) is 5.26 Å². The summed E-state index contributed by atoms with van der Waals surface area (Å²) < 4.78 is 0. The van der Waals surface area contributed by atoms with Gasteiger partial charge in [0, 0.05) is 13.1 Å². The summed E-state index contributed by atoms with van der Waals surface area (Å²) in [7, 11) is 0. The molecule has 1 amide bonds. The van der Waals surface area contributed by atoms with Gasteiger partial charge < -0.3 is 5.32 Å². The molecule has 4 nitrogen and oxygen atoms in total. The number of rotatable bonds is 3. The van der Waals surface area contributed by atoms with E-state index in [2.05, 4.69) is 16.7 Å². The van der Waals surface area contributed by atoms with Gasteiger partial charge in [-0.2, -0.15) is 5.26 Å². The van der Waals surface area contributed by atoms with Crippen molar-refractivity contribution in [3.05, 3.63) is 47.5 Å². The molecule has 0 saturated heterocycles. The second-order valence-electron chi connectivity index (χ2n) is 3.84. The molecule has 0 bridgehead atoms. The minimum absolute atomic E-state index is 0.0249. The highest BCUT2D eigenvalue weighted by Crippen LogP contribution is 2.03. The predicted molar refractivity (Wildman–Crippen MR) is 63.9 cm³/mol. The summed E-state index contributed by atoms with van der Waals surface area (Å²) in [5.41, 5.74) is 1.61. The zero-order chi connectivity index (χ0) is 12.1. The molecule has 86 valence electrons. The molecular formula is C13H13N3O. The molecule has 1 unspecified atom stereocenters. The molecule has 1 heterocycles. The highest BCUT2D eigenvalue weighted by Gasteiger charge is 2.16. The van der Waals surface area contributed by atoms with Crippen molar-refractivity contribution < 1.29 is 4.79 Å². The van der Waals surface area contributed by atoms with Gasteiger partial charge in [0.25, 0.3) is 0 Å². The molecule has 17 heavy (non-hydrogen) atoms. The lowest BCUT2D eigenvalue weighted by atomic mass is 10.1. The van der Waals surface area contributed by atoms with Crippen LogP contribution in [0.5, 0.6) is 0 Å². The van der Waals surface area contributed by atoms with Gasteiger partial charge in [-0.05, 0) is 17.7 Å². The zero-order valence-electron chi connectivity index (χ0n) is 9.31. The van der Waals surface area contributed by atoms with E-state index in [9.17, 15) is 4.79 Å². The maximum absolute atomic E-state index is 11.7. The Kier molecular flexibility index (Phi) is 3.53. The van der Waals surface area contributed by atoms with Crippen LogP contribution in [0, 0.1) is 11.3 Å². The summed E-state index contributed by atoms with van der Waals surface area (Å²) >= 11 is 0. The Morgan fingerprint density at radius 3 is 2.82 bits per heavy atom. The molecule has 0 saturated carbocycles. The number of carbonyl (C=O) groups is 1. The standard InChI is InChI=1S/C13H13N3O/c14-8-10-3-5-11(6-4-10)9-16-13(17)12-2-1-7-15-12/h1-6,12,15H,7,9H2,(H,16,17). The summed E-state index contributed by atoms with van der Waals surface area (Å²) in [5, 5.41) is 14.5. The average molecular weight is 227 g/mol. The number of carbonyl (C=O) groups excluding carboxylic acids is 1. The van der Waals surface area contributed by atoms with Crippen LogP contribution in [0.3, 0.4) is 0 Å². The van der Waals surface area contributed by atoms with E-state index in [0.717, 1.165) is 12.1 Å². The van der Waals surface area contributed by atoms with Gasteiger partial charge >= 0.3 is 0 Å². The van der Waals surface area contributed by atoms with E-state index in [1.165, 1.54) is 0 Å². The molecule has 1 aromatic carbocycles. The van der Waals surface area contributed by atoms with Gasteiger partial charge in [-0.15, -0.1) is 0 Å². The minimum atomic E-state index is -0.214. The molecule has 1 atom stereocenters. The van der Waals surface area contributed by atoms with Crippen molar-refractivity contribution in [2.75, 3.05) is 6.54 Å². The zero-order valence-corrected chi connectivity index (χ0v) is 9.31. The van der Waals surface area contributed by atoms with E-state index in [-0.39, 0.29) is 11.9 Å². The van der Waals surface area contributed by atoms with Gasteiger partial charge in [-0.3, -0.25) is 10.1 Å². The first-order valence-corrected chi connectivity index (χ1v) is 5.46. The van der Waals surface area contributed by atoms with Gasteiger partial charge in [0.05, 0.1) is 11.6 Å². The summed E-state index contributed by atoms with van der Waals surface area (Å²) in [6, 6.07) is 9.02. The van der Waals surface area contributed by atoms with Crippen molar-refractivity contribution in [2.45, 2.75) is 12.6 Å². The van der Waals surface area contributed by atoms with Crippen LogP contribution in [0.4, 0.5) is 0 Å². The van der Waals surface area contributed by atoms with Crippen LogP contribution >= 0.6 is 0 Å². The SMILES string of the molecule is N#Cc1ccc(CNC(=O)C2C=CCN2)cc1. The van der Waals surface area contributed by atoms with Crippen LogP contribution in [0.2, 0.25) is 0 Å². The maximum Gasteiger partial charge on any atom is 0.241 e. The Hall–Kier alpha value is -2.12. The van der Waals surface area contributed by atoms with Crippen LogP contribution in [0.25, 0.3) is 0 Å². The number of hydrogen-bond acceptors (Lipinski definition) is 3. The molecule has 0 spiro atoms. The Bertz CT molecular complexity index is 470. The lowest BCUT2D eigenvalue weighted by molar-refractivity contribution is -0.122. The molecule has 0 fully saturated rings. The molecule has 0 radical (unpaired) electrons. The number of nitrogens with zero attached hydrogens (tertiary/aromatic N) is 1. The molecule has 2 N–H and O–H groups in total. The number of amides is 1. The van der Waals surface area contributed by atoms with Crippen LogP contribution in [0.15, 0.2) is 36.4 Å². The second-order valence-corrected chi connectivity index (χ2v) is 3.84. The Morgan fingerprint density at radius 1 is 1.47 bits per heavy atom. The van der Waals surface area contributed by atoms with Crippen molar-refractivity contribution in [1.82, 2.24) is 10.6 Å². The van der Waals surface area contributed by atoms with E-state index < -0.39 is 0 Å². The first kappa shape index (κ1) is 11.4. The number of nitriles is 1. The number of nitrogens with one attached hydrogen (secondary N) is 2. The summed E-state index contributed by atoms with van der Waals surface area (Å²) in [6.45, 7) is 1.23. The van der Waals surface area contributed by atoms with Gasteiger partial charge in [0.2, 0.25) is 5.91 Å². The second kappa shape index (κ2) is 5.28. The Balaban J connectivity index is 1.87. The Labute approximate surface area is 99.9 Å². The van der Waals surface area contributed by atoms with Gasteiger partial charge in [-0.1, -0.05) is 24.3 Å². The topological polar surface area (TPSA) is 64.9 Å². The summed E-state index contributed by atoms with van der Waals surface area (Å²) in [4.78, 5) is 11.7. The molecule has 2 rings (SSSR count). The Morgan fingerprint density at radius 2 is 2.24 bits per heavy atom. The van der Waals surface area contributed by atoms with Crippen molar-refractivity contribution in [1.29, 1.82) is 5.26 Å². The van der Waals surface area contributed by atoms with Gasteiger partial charge in [0.1, 0.15) is 6.04 Å². The van der Waals surface area contributed by atoms with Crippen LogP contribution in [-0.2, 0) is 11.3 Å². The fraction of sp³-hybridized carbons (Fsp3) is 0.231. The quantitative estimate of drug-likeness (QED) is 0.747. The van der Waals surface area contributed by atoms with E-state index in [1.807, 2.05) is 24.3 Å². The lowest BCUT2D eigenvalue weighted by Gasteiger charge is -2.10. The smallest absolute Gasteiger partial charge is 0.241 e. The molecule has 0 aromatic heterocycles.